The predicted molar refractivity (Wildman–Crippen MR) is 75.6 cm³/mol. The molecule has 1 aromatic carbocycles. The van der Waals surface area contributed by atoms with Crippen molar-refractivity contribution >= 4 is 0 Å². The summed E-state index contributed by atoms with van der Waals surface area (Å²) >= 11 is 0. The second-order valence-corrected chi connectivity index (χ2v) is 5.84. The van der Waals surface area contributed by atoms with E-state index in [4.69, 9.17) is 23.7 Å². The predicted octanol–water partition coefficient (Wildman–Crippen LogP) is 2.09. The summed E-state index contributed by atoms with van der Waals surface area (Å²) in [5.41, 5.74) is 1.10. The second-order valence-electron chi connectivity index (χ2n) is 5.84. The van der Waals surface area contributed by atoms with Crippen LogP contribution in [0.4, 0.5) is 0 Å². The van der Waals surface area contributed by atoms with E-state index in [1.54, 1.807) is 7.11 Å². The zero-order valence-electron chi connectivity index (χ0n) is 12.7. The van der Waals surface area contributed by atoms with Gasteiger partial charge in [0.05, 0.1) is 13.2 Å². The Labute approximate surface area is 125 Å². The molecule has 0 bridgehead atoms. The average molecular weight is 294 g/mol. The van der Waals surface area contributed by atoms with Crippen molar-refractivity contribution in [3.05, 3.63) is 35.9 Å². The lowest BCUT2D eigenvalue weighted by atomic mass is 10.1. The van der Waals surface area contributed by atoms with Crippen LogP contribution in [0.2, 0.25) is 0 Å². The fourth-order valence-electron chi connectivity index (χ4n) is 2.85. The molecule has 116 valence electrons. The van der Waals surface area contributed by atoms with E-state index in [0.717, 1.165) is 5.56 Å². The molecule has 1 aromatic rings. The van der Waals surface area contributed by atoms with Gasteiger partial charge in [-0.1, -0.05) is 30.3 Å². The minimum Gasteiger partial charge on any atom is -0.365 e. The fraction of sp³-hybridized carbons (Fsp3) is 0.625. The van der Waals surface area contributed by atoms with Gasteiger partial charge in [-0.25, -0.2) is 0 Å². The molecule has 3 rings (SSSR count). The standard InChI is InChI=1S/C16H22O5/c1-16(2)20-12-10-19-15(17-3)14(13(12)21-16)18-9-11-7-5-4-6-8-11/h4-8,12-15H,9-10H2,1-3H3/t12-,13-,14+,15-/m1/s1. The van der Waals surface area contributed by atoms with Gasteiger partial charge in [0.15, 0.2) is 12.1 Å². The molecule has 0 saturated carbocycles. The number of methoxy groups -OCH3 is 1. The van der Waals surface area contributed by atoms with Gasteiger partial charge in [0, 0.05) is 7.11 Å². The molecule has 5 heteroatoms. The molecule has 2 fully saturated rings. The van der Waals surface area contributed by atoms with E-state index in [0.29, 0.717) is 13.2 Å². The zero-order valence-corrected chi connectivity index (χ0v) is 12.7. The first-order valence-electron chi connectivity index (χ1n) is 7.24. The highest BCUT2D eigenvalue weighted by Gasteiger charge is 2.51. The van der Waals surface area contributed by atoms with Crippen LogP contribution in [-0.2, 0) is 30.3 Å². The molecular formula is C16H22O5. The number of hydrogen-bond donors (Lipinski definition) is 0. The minimum atomic E-state index is -0.615. The van der Waals surface area contributed by atoms with Crippen molar-refractivity contribution < 1.29 is 23.7 Å². The summed E-state index contributed by atoms with van der Waals surface area (Å²) in [5.74, 6) is -0.615. The Morgan fingerprint density at radius 3 is 2.67 bits per heavy atom. The van der Waals surface area contributed by atoms with Gasteiger partial charge < -0.3 is 23.7 Å². The van der Waals surface area contributed by atoms with Gasteiger partial charge in [0.25, 0.3) is 0 Å². The fourth-order valence-corrected chi connectivity index (χ4v) is 2.85. The summed E-state index contributed by atoms with van der Waals surface area (Å²) in [6.07, 6.45) is -1.04. The molecular weight excluding hydrogens is 272 g/mol. The summed E-state index contributed by atoms with van der Waals surface area (Å²) in [7, 11) is 1.62. The maximum absolute atomic E-state index is 6.02. The second kappa shape index (κ2) is 6.02. The van der Waals surface area contributed by atoms with Gasteiger partial charge in [0.1, 0.15) is 18.3 Å². The molecule has 2 aliphatic rings. The topological polar surface area (TPSA) is 46.2 Å². The molecule has 0 aliphatic carbocycles. The summed E-state index contributed by atoms with van der Waals surface area (Å²) in [4.78, 5) is 0. The molecule has 0 N–H and O–H groups in total. The molecule has 0 radical (unpaired) electrons. The summed E-state index contributed by atoms with van der Waals surface area (Å²) in [6.45, 7) is 4.75. The maximum atomic E-state index is 6.02. The maximum Gasteiger partial charge on any atom is 0.186 e. The Balaban J connectivity index is 1.70. The number of rotatable bonds is 4. The van der Waals surface area contributed by atoms with Crippen LogP contribution < -0.4 is 0 Å². The van der Waals surface area contributed by atoms with E-state index in [2.05, 4.69) is 0 Å². The Morgan fingerprint density at radius 2 is 1.95 bits per heavy atom. The van der Waals surface area contributed by atoms with Crippen LogP contribution in [0.15, 0.2) is 30.3 Å². The van der Waals surface area contributed by atoms with E-state index in [9.17, 15) is 0 Å². The number of benzene rings is 1. The van der Waals surface area contributed by atoms with Gasteiger partial charge in [-0.3, -0.25) is 0 Å². The SMILES string of the molecule is CO[C@@H]1OC[C@H]2OC(C)(C)O[C@H]2[C@@H]1OCc1ccccc1. The van der Waals surface area contributed by atoms with Gasteiger partial charge in [-0.15, -0.1) is 0 Å². The molecule has 0 unspecified atom stereocenters. The molecule has 0 aromatic heterocycles. The van der Waals surface area contributed by atoms with E-state index in [-0.39, 0.29) is 18.3 Å². The highest BCUT2D eigenvalue weighted by atomic mass is 16.8. The van der Waals surface area contributed by atoms with Crippen LogP contribution in [0.3, 0.4) is 0 Å². The Bertz CT molecular complexity index is 461. The summed E-state index contributed by atoms with van der Waals surface area (Å²) < 4.78 is 28.9. The zero-order chi connectivity index (χ0) is 14.9. The Kier molecular flexibility index (Phi) is 4.28. The van der Waals surface area contributed by atoms with Gasteiger partial charge in [-0.05, 0) is 19.4 Å². The lowest BCUT2D eigenvalue weighted by Gasteiger charge is -2.36. The summed E-state index contributed by atoms with van der Waals surface area (Å²) in [6, 6.07) is 10.0. The van der Waals surface area contributed by atoms with Crippen molar-refractivity contribution in [3.8, 4) is 0 Å². The van der Waals surface area contributed by atoms with Crippen molar-refractivity contribution in [3.63, 3.8) is 0 Å². The van der Waals surface area contributed by atoms with Crippen LogP contribution in [0.5, 0.6) is 0 Å². The first-order valence-corrected chi connectivity index (χ1v) is 7.24. The van der Waals surface area contributed by atoms with E-state index >= 15 is 0 Å². The highest BCUT2D eigenvalue weighted by Crippen LogP contribution is 2.36. The van der Waals surface area contributed by atoms with Crippen molar-refractivity contribution in [2.24, 2.45) is 0 Å². The monoisotopic (exact) mass is 294 g/mol. The number of hydrogen-bond acceptors (Lipinski definition) is 5. The smallest absolute Gasteiger partial charge is 0.186 e. The first kappa shape index (κ1) is 14.9. The largest absolute Gasteiger partial charge is 0.365 e. The van der Waals surface area contributed by atoms with Crippen LogP contribution >= 0.6 is 0 Å². The molecule has 2 aliphatic heterocycles. The van der Waals surface area contributed by atoms with Crippen LogP contribution in [0.1, 0.15) is 19.4 Å². The normalized spacial score (nSPS) is 34.6. The van der Waals surface area contributed by atoms with Crippen molar-refractivity contribution in [1.82, 2.24) is 0 Å². The van der Waals surface area contributed by atoms with Gasteiger partial charge >= 0.3 is 0 Å². The third-order valence-corrected chi connectivity index (χ3v) is 3.76. The molecule has 5 nitrogen and oxygen atoms in total. The third kappa shape index (κ3) is 3.27. The molecule has 0 amide bonds. The molecule has 21 heavy (non-hydrogen) atoms. The first-order chi connectivity index (χ1) is 10.1. The van der Waals surface area contributed by atoms with Crippen LogP contribution in [0.25, 0.3) is 0 Å². The molecule has 2 saturated heterocycles. The van der Waals surface area contributed by atoms with Gasteiger partial charge in [-0.2, -0.15) is 0 Å². The van der Waals surface area contributed by atoms with Crippen LogP contribution in [0, 0.1) is 0 Å². The lowest BCUT2D eigenvalue weighted by molar-refractivity contribution is -0.258. The van der Waals surface area contributed by atoms with Crippen molar-refractivity contribution in [2.45, 2.75) is 50.8 Å². The number of fused-ring (bicyclic) bond motifs is 1. The van der Waals surface area contributed by atoms with Crippen molar-refractivity contribution in [1.29, 1.82) is 0 Å². The third-order valence-electron chi connectivity index (χ3n) is 3.76. The summed E-state index contributed by atoms with van der Waals surface area (Å²) in [5, 5.41) is 0. The van der Waals surface area contributed by atoms with Gasteiger partial charge in [0.2, 0.25) is 0 Å². The van der Waals surface area contributed by atoms with E-state index in [1.165, 1.54) is 0 Å². The van der Waals surface area contributed by atoms with E-state index in [1.807, 2.05) is 44.2 Å². The quantitative estimate of drug-likeness (QED) is 0.851. The van der Waals surface area contributed by atoms with Crippen molar-refractivity contribution in [2.75, 3.05) is 13.7 Å². The molecule has 4 atom stereocenters. The molecule has 0 spiro atoms. The highest BCUT2D eigenvalue weighted by molar-refractivity contribution is 5.13. The average Bonchev–Trinajstić information content (AvgIpc) is 2.80. The number of ether oxygens (including phenoxy) is 5. The minimum absolute atomic E-state index is 0.118. The Hall–Kier alpha value is -0.980. The molecule has 2 heterocycles. The van der Waals surface area contributed by atoms with Crippen LogP contribution in [-0.4, -0.2) is 44.1 Å². The van der Waals surface area contributed by atoms with E-state index < -0.39 is 12.1 Å². The Morgan fingerprint density at radius 1 is 1.19 bits per heavy atom. The lowest BCUT2D eigenvalue weighted by Crippen LogP contribution is -2.53.